The zero-order valence-electron chi connectivity index (χ0n) is 24.5. The van der Waals surface area contributed by atoms with E-state index in [2.05, 4.69) is 101 Å². The number of nitrogens with zero attached hydrogens (tertiary/aromatic N) is 3. The monoisotopic (exact) mass is 490 g/mol. The molecule has 0 bridgehead atoms. The zero-order chi connectivity index (χ0) is 26.9. The number of aliphatic imine (C=N–C) groups is 2. The fourth-order valence-electron chi connectivity index (χ4n) is 4.38. The molecule has 0 aromatic carbocycles. The molecule has 0 aromatic rings. The normalized spacial score (nSPS) is 21.1. The number of rotatable bonds is 10. The van der Waals surface area contributed by atoms with Gasteiger partial charge in [-0.25, -0.2) is 0 Å². The van der Waals surface area contributed by atoms with Gasteiger partial charge in [0.1, 0.15) is 0 Å². The quantitative estimate of drug-likeness (QED) is 0.253. The highest BCUT2D eigenvalue weighted by atomic mass is 15.2. The molecule has 4 nitrogen and oxygen atoms in total. The Morgan fingerprint density at radius 1 is 1.17 bits per heavy atom. The lowest BCUT2D eigenvalue weighted by molar-refractivity contribution is 0.195. The summed E-state index contributed by atoms with van der Waals surface area (Å²) in [6.07, 6.45) is 15.8. The Bertz CT molecular complexity index is 1000. The number of nitrogens with one attached hydrogen (secondary N) is 1. The van der Waals surface area contributed by atoms with Crippen molar-refractivity contribution in [2.24, 2.45) is 15.9 Å². The van der Waals surface area contributed by atoms with Crippen molar-refractivity contribution in [3.63, 3.8) is 0 Å². The van der Waals surface area contributed by atoms with Crippen molar-refractivity contribution in [2.45, 2.75) is 86.6 Å². The Hall–Kier alpha value is -2.46. The molecule has 1 aliphatic carbocycles. The average molecular weight is 491 g/mol. The second-order valence-electron chi connectivity index (χ2n) is 11.0. The van der Waals surface area contributed by atoms with Gasteiger partial charge in [-0.05, 0) is 109 Å². The van der Waals surface area contributed by atoms with Gasteiger partial charge < -0.3 is 10.2 Å². The first-order chi connectivity index (χ1) is 17.0. The summed E-state index contributed by atoms with van der Waals surface area (Å²) in [6, 6.07) is 0. The number of hydrogen-bond donors (Lipinski definition) is 1. The highest BCUT2D eigenvalue weighted by Crippen LogP contribution is 2.30. The van der Waals surface area contributed by atoms with Crippen LogP contribution >= 0.6 is 0 Å². The fourth-order valence-corrected chi connectivity index (χ4v) is 4.38. The summed E-state index contributed by atoms with van der Waals surface area (Å²) in [5.74, 6) is 0.336. The van der Waals surface area contributed by atoms with Gasteiger partial charge in [0.15, 0.2) is 0 Å². The summed E-state index contributed by atoms with van der Waals surface area (Å²) >= 11 is 0. The Morgan fingerprint density at radius 3 is 2.36 bits per heavy atom. The second-order valence-corrected chi connectivity index (χ2v) is 11.0. The van der Waals surface area contributed by atoms with E-state index in [0.717, 1.165) is 54.3 Å². The van der Waals surface area contributed by atoms with E-state index in [1.165, 1.54) is 36.1 Å². The van der Waals surface area contributed by atoms with Gasteiger partial charge >= 0.3 is 0 Å². The minimum absolute atomic E-state index is 0.108. The van der Waals surface area contributed by atoms with Gasteiger partial charge in [-0.3, -0.25) is 9.98 Å². The van der Waals surface area contributed by atoms with E-state index in [9.17, 15) is 0 Å². The van der Waals surface area contributed by atoms with Crippen LogP contribution in [0, 0.1) is 5.92 Å². The van der Waals surface area contributed by atoms with Crippen LogP contribution in [-0.2, 0) is 0 Å². The maximum atomic E-state index is 5.28. The highest BCUT2D eigenvalue weighted by molar-refractivity contribution is 6.11. The maximum absolute atomic E-state index is 5.28. The van der Waals surface area contributed by atoms with E-state index < -0.39 is 0 Å². The largest absolute Gasteiger partial charge is 0.369 e. The molecule has 0 aromatic heterocycles. The molecule has 36 heavy (non-hydrogen) atoms. The van der Waals surface area contributed by atoms with Crippen molar-refractivity contribution in [1.82, 2.24) is 10.2 Å². The molecule has 1 unspecified atom stereocenters. The predicted octanol–water partition coefficient (Wildman–Crippen LogP) is 7.59. The average Bonchev–Trinajstić information content (AvgIpc) is 2.78. The van der Waals surface area contributed by atoms with E-state index in [1.807, 2.05) is 14.0 Å². The molecule has 4 heteroatoms. The van der Waals surface area contributed by atoms with Crippen LogP contribution < -0.4 is 5.32 Å². The lowest BCUT2D eigenvalue weighted by atomic mass is 9.88. The SMILES string of the molecule is C=C(C)/C(C)=C/C(=NC)C(=C/C(C)=C1CCC1)/N=C(\C=C/C(=CC)N1CCNC(C)(C)C1)C(C)CC. The summed E-state index contributed by atoms with van der Waals surface area (Å²) in [5.41, 5.74) is 9.32. The van der Waals surface area contributed by atoms with E-state index in [4.69, 9.17) is 4.99 Å². The van der Waals surface area contributed by atoms with Gasteiger partial charge in [0, 0.05) is 43.6 Å². The second kappa shape index (κ2) is 13.7. The van der Waals surface area contributed by atoms with Gasteiger partial charge in [-0.1, -0.05) is 37.6 Å². The Kier molecular flexibility index (Phi) is 11.4. The third-order valence-corrected chi connectivity index (χ3v) is 7.42. The van der Waals surface area contributed by atoms with Gasteiger partial charge in [0.05, 0.1) is 11.4 Å². The molecular formula is C32H50N4. The molecule has 0 amide bonds. The molecule has 1 aliphatic heterocycles. The lowest BCUT2D eigenvalue weighted by Crippen LogP contribution is -2.56. The van der Waals surface area contributed by atoms with Crippen LogP contribution in [0.4, 0.5) is 0 Å². The maximum Gasteiger partial charge on any atom is 0.0887 e. The zero-order valence-corrected chi connectivity index (χ0v) is 24.5. The first kappa shape index (κ1) is 29.8. The van der Waals surface area contributed by atoms with Gasteiger partial charge in [0.25, 0.3) is 0 Å². The van der Waals surface area contributed by atoms with Crippen molar-refractivity contribution in [3.05, 3.63) is 70.6 Å². The summed E-state index contributed by atoms with van der Waals surface area (Å²) in [5, 5.41) is 3.61. The molecular weight excluding hydrogens is 440 g/mol. The summed E-state index contributed by atoms with van der Waals surface area (Å²) in [4.78, 5) is 12.4. The smallest absolute Gasteiger partial charge is 0.0887 e. The van der Waals surface area contributed by atoms with Crippen molar-refractivity contribution >= 4 is 11.4 Å². The standard InChI is InChI=1S/C32H50N4/c1-11-24(5)29(17-16-28(12-2)36-19-18-34-32(8,9)22-36)35-31(21-26(7)27-14-13-15-27)30(33-10)20-25(6)23(3)4/h12,16-17,20-21,24,34H,3,11,13-15,18-19,22H2,1-2,4-10H3/b17-16-,25-20+,28-12?,31-21-,33-30?,35-29+. The third kappa shape index (κ3) is 8.58. The Labute approximate surface area is 221 Å². The molecule has 1 heterocycles. The van der Waals surface area contributed by atoms with Crippen LogP contribution in [-0.4, -0.2) is 48.5 Å². The van der Waals surface area contributed by atoms with Crippen LogP contribution in [0.5, 0.6) is 0 Å². The lowest BCUT2D eigenvalue weighted by Gasteiger charge is -2.41. The van der Waals surface area contributed by atoms with Crippen molar-refractivity contribution in [1.29, 1.82) is 0 Å². The first-order valence-corrected chi connectivity index (χ1v) is 13.7. The van der Waals surface area contributed by atoms with E-state index in [1.54, 1.807) is 0 Å². The fraction of sp³-hybridized carbons (Fsp3) is 0.562. The molecule has 0 spiro atoms. The van der Waals surface area contributed by atoms with E-state index >= 15 is 0 Å². The van der Waals surface area contributed by atoms with Gasteiger partial charge in [-0.15, -0.1) is 0 Å². The van der Waals surface area contributed by atoms with Crippen molar-refractivity contribution < 1.29 is 0 Å². The van der Waals surface area contributed by atoms with Crippen molar-refractivity contribution in [2.75, 3.05) is 26.7 Å². The topological polar surface area (TPSA) is 40.0 Å². The van der Waals surface area contributed by atoms with Crippen LogP contribution in [0.25, 0.3) is 0 Å². The minimum atomic E-state index is 0.108. The molecule has 2 aliphatic rings. The number of hydrogen-bond acceptors (Lipinski definition) is 4. The molecule has 1 saturated carbocycles. The molecule has 198 valence electrons. The molecule has 1 N–H and O–H groups in total. The van der Waals surface area contributed by atoms with Gasteiger partial charge in [0.2, 0.25) is 0 Å². The van der Waals surface area contributed by atoms with Crippen molar-refractivity contribution in [3.8, 4) is 0 Å². The van der Waals surface area contributed by atoms with E-state index in [-0.39, 0.29) is 5.54 Å². The first-order valence-electron chi connectivity index (χ1n) is 13.7. The summed E-state index contributed by atoms with van der Waals surface area (Å²) in [7, 11) is 1.86. The van der Waals surface area contributed by atoms with Crippen LogP contribution in [0.3, 0.4) is 0 Å². The van der Waals surface area contributed by atoms with Gasteiger partial charge in [-0.2, -0.15) is 0 Å². The summed E-state index contributed by atoms with van der Waals surface area (Å²) < 4.78 is 0. The molecule has 2 rings (SSSR count). The van der Waals surface area contributed by atoms with Crippen LogP contribution in [0.2, 0.25) is 0 Å². The van der Waals surface area contributed by atoms with Crippen LogP contribution in [0.15, 0.2) is 80.6 Å². The molecule has 1 saturated heterocycles. The molecule has 0 radical (unpaired) electrons. The third-order valence-electron chi connectivity index (χ3n) is 7.42. The molecule has 1 atom stereocenters. The summed E-state index contributed by atoms with van der Waals surface area (Å²) in [6.45, 7) is 24.6. The molecule has 2 fully saturated rings. The Morgan fingerprint density at radius 2 is 1.86 bits per heavy atom. The number of piperazine rings is 1. The van der Waals surface area contributed by atoms with Crippen LogP contribution in [0.1, 0.15) is 81.1 Å². The predicted molar refractivity (Wildman–Crippen MR) is 160 cm³/mol. The van der Waals surface area contributed by atoms with E-state index in [0.29, 0.717) is 5.92 Å². The minimum Gasteiger partial charge on any atom is -0.369 e. The Balaban J connectivity index is 2.53. The number of allylic oxidation sites excluding steroid dienone is 9. The highest BCUT2D eigenvalue weighted by Gasteiger charge is 2.26.